The van der Waals surface area contributed by atoms with Crippen molar-refractivity contribution in [3.05, 3.63) is 48.2 Å². The van der Waals surface area contributed by atoms with Crippen LogP contribution in [-0.2, 0) is 9.53 Å². The molecule has 1 amide bonds. The largest absolute Gasteiger partial charge is 0.481 e. The summed E-state index contributed by atoms with van der Waals surface area (Å²) in [6, 6.07) is 10.8. The highest BCUT2D eigenvalue weighted by Crippen LogP contribution is 2.22. The van der Waals surface area contributed by atoms with Crippen LogP contribution in [0.2, 0.25) is 0 Å². The van der Waals surface area contributed by atoms with Crippen LogP contribution in [0.1, 0.15) is 30.1 Å². The molecule has 1 N–H and O–H groups in total. The van der Waals surface area contributed by atoms with Gasteiger partial charge >= 0.3 is 5.97 Å². The summed E-state index contributed by atoms with van der Waals surface area (Å²) in [5.74, 6) is -0.606. The van der Waals surface area contributed by atoms with Gasteiger partial charge in [0.1, 0.15) is 0 Å². The predicted molar refractivity (Wildman–Crippen MR) is 102 cm³/mol. The summed E-state index contributed by atoms with van der Waals surface area (Å²) in [5, 5.41) is 2.76. The number of amides is 1. The fourth-order valence-corrected chi connectivity index (χ4v) is 2.88. The Kier molecular flexibility index (Phi) is 5.90. The highest BCUT2D eigenvalue weighted by molar-refractivity contribution is 5.97. The fourth-order valence-electron chi connectivity index (χ4n) is 2.88. The Morgan fingerprint density at radius 2 is 1.81 bits per heavy atom. The van der Waals surface area contributed by atoms with E-state index < -0.39 is 18.0 Å². The van der Waals surface area contributed by atoms with Gasteiger partial charge in [-0.25, -0.2) is 9.78 Å². The summed E-state index contributed by atoms with van der Waals surface area (Å²) in [4.78, 5) is 30.7. The van der Waals surface area contributed by atoms with E-state index >= 15 is 0 Å². The normalized spacial score (nSPS) is 14.5. The number of pyridine rings is 1. The summed E-state index contributed by atoms with van der Waals surface area (Å²) in [6.07, 6.45) is 2.84. The molecule has 0 unspecified atom stereocenters. The lowest BCUT2D eigenvalue weighted by molar-refractivity contribution is -0.123. The molecule has 1 aromatic carbocycles. The number of rotatable bonds is 6. The number of aromatic nitrogens is 1. The lowest BCUT2D eigenvalue weighted by atomic mass is 10.2. The van der Waals surface area contributed by atoms with Crippen molar-refractivity contribution in [1.82, 2.24) is 4.98 Å². The van der Waals surface area contributed by atoms with Crippen LogP contribution in [0.4, 0.5) is 11.4 Å². The van der Waals surface area contributed by atoms with Gasteiger partial charge in [-0.1, -0.05) is 0 Å². The van der Waals surface area contributed by atoms with E-state index in [1.54, 1.807) is 6.07 Å². The number of carbonyl (C=O) groups is 2. The van der Waals surface area contributed by atoms with Crippen LogP contribution >= 0.6 is 0 Å². The first-order valence-electron chi connectivity index (χ1n) is 8.94. The SMILES string of the molecule is COc1ccc(C(=O)O[C@@H](C)C(=O)Nc2ccc(N3CCCC3)cc2)cn1. The van der Waals surface area contributed by atoms with Gasteiger partial charge in [0.2, 0.25) is 5.88 Å². The molecule has 27 heavy (non-hydrogen) atoms. The third-order valence-corrected chi connectivity index (χ3v) is 4.44. The maximum Gasteiger partial charge on any atom is 0.340 e. The summed E-state index contributed by atoms with van der Waals surface area (Å²) in [5.41, 5.74) is 2.07. The van der Waals surface area contributed by atoms with E-state index in [1.165, 1.54) is 39.1 Å². The van der Waals surface area contributed by atoms with Gasteiger partial charge in [-0.05, 0) is 50.1 Å². The lowest BCUT2D eigenvalue weighted by Gasteiger charge is -2.18. The molecule has 0 aliphatic carbocycles. The van der Waals surface area contributed by atoms with Crippen molar-refractivity contribution >= 4 is 23.3 Å². The molecule has 0 radical (unpaired) electrons. The van der Waals surface area contributed by atoms with E-state index in [1.807, 2.05) is 24.3 Å². The minimum absolute atomic E-state index is 0.255. The van der Waals surface area contributed by atoms with Crippen molar-refractivity contribution < 1.29 is 19.1 Å². The molecule has 1 aromatic heterocycles. The number of nitrogens with one attached hydrogen (secondary N) is 1. The minimum Gasteiger partial charge on any atom is -0.481 e. The number of hydrogen-bond acceptors (Lipinski definition) is 6. The number of methoxy groups -OCH3 is 1. The van der Waals surface area contributed by atoms with Gasteiger partial charge in [-0.15, -0.1) is 0 Å². The average Bonchev–Trinajstić information content (AvgIpc) is 3.23. The molecule has 1 saturated heterocycles. The van der Waals surface area contributed by atoms with Crippen LogP contribution in [0, 0.1) is 0 Å². The van der Waals surface area contributed by atoms with Crippen molar-refractivity contribution in [2.45, 2.75) is 25.9 Å². The number of benzene rings is 1. The molecule has 0 spiro atoms. The van der Waals surface area contributed by atoms with Crippen LogP contribution < -0.4 is 15.0 Å². The van der Waals surface area contributed by atoms with Crippen LogP contribution in [0.3, 0.4) is 0 Å². The smallest absolute Gasteiger partial charge is 0.340 e. The zero-order chi connectivity index (χ0) is 19.2. The molecule has 1 atom stereocenters. The predicted octanol–water partition coefficient (Wildman–Crippen LogP) is 2.87. The first-order chi connectivity index (χ1) is 13.1. The van der Waals surface area contributed by atoms with E-state index in [0.29, 0.717) is 11.6 Å². The Balaban J connectivity index is 1.54. The molecule has 142 valence electrons. The molecule has 1 aliphatic heterocycles. The van der Waals surface area contributed by atoms with Crippen LogP contribution in [0.15, 0.2) is 42.6 Å². The molecule has 2 heterocycles. The van der Waals surface area contributed by atoms with Crippen molar-refractivity contribution in [3.8, 4) is 5.88 Å². The van der Waals surface area contributed by atoms with E-state index in [2.05, 4.69) is 15.2 Å². The number of hydrogen-bond donors (Lipinski definition) is 1. The zero-order valence-electron chi connectivity index (χ0n) is 15.5. The monoisotopic (exact) mass is 369 g/mol. The molecule has 1 aliphatic rings. The Morgan fingerprint density at radius 1 is 1.11 bits per heavy atom. The Morgan fingerprint density at radius 3 is 2.41 bits per heavy atom. The van der Waals surface area contributed by atoms with Gasteiger partial charge in [0, 0.05) is 36.7 Å². The van der Waals surface area contributed by atoms with E-state index in [0.717, 1.165) is 18.8 Å². The second kappa shape index (κ2) is 8.53. The Labute approximate surface area is 158 Å². The second-order valence-electron chi connectivity index (χ2n) is 6.37. The standard InChI is InChI=1S/C20H23N3O4/c1-14(27-20(25)15-5-10-18(26-2)21-13-15)19(24)22-16-6-8-17(9-7-16)23-11-3-4-12-23/h5-10,13-14H,3-4,11-12H2,1-2H3,(H,22,24)/t14-/m0/s1. The molecular formula is C20H23N3O4. The number of anilines is 2. The van der Waals surface area contributed by atoms with E-state index in [4.69, 9.17) is 9.47 Å². The van der Waals surface area contributed by atoms with Crippen molar-refractivity contribution in [1.29, 1.82) is 0 Å². The highest BCUT2D eigenvalue weighted by atomic mass is 16.5. The van der Waals surface area contributed by atoms with Gasteiger partial charge in [-0.3, -0.25) is 4.79 Å². The van der Waals surface area contributed by atoms with Crippen molar-refractivity contribution in [3.63, 3.8) is 0 Å². The van der Waals surface area contributed by atoms with Gasteiger partial charge in [0.15, 0.2) is 6.10 Å². The van der Waals surface area contributed by atoms with Gasteiger partial charge in [0.05, 0.1) is 12.7 Å². The molecule has 2 aromatic rings. The van der Waals surface area contributed by atoms with Crippen LogP contribution in [0.5, 0.6) is 5.88 Å². The molecular weight excluding hydrogens is 346 g/mol. The number of carbonyl (C=O) groups excluding carboxylic acids is 2. The highest BCUT2D eigenvalue weighted by Gasteiger charge is 2.20. The number of nitrogens with zero attached hydrogens (tertiary/aromatic N) is 2. The molecule has 3 rings (SSSR count). The summed E-state index contributed by atoms with van der Waals surface area (Å²) in [7, 11) is 1.49. The molecule has 1 fully saturated rings. The summed E-state index contributed by atoms with van der Waals surface area (Å²) >= 11 is 0. The van der Waals surface area contributed by atoms with Crippen LogP contribution in [-0.4, -0.2) is 43.2 Å². The zero-order valence-corrected chi connectivity index (χ0v) is 15.5. The summed E-state index contributed by atoms with van der Waals surface area (Å²) in [6.45, 7) is 3.67. The van der Waals surface area contributed by atoms with Crippen molar-refractivity contribution in [2.24, 2.45) is 0 Å². The van der Waals surface area contributed by atoms with E-state index in [9.17, 15) is 9.59 Å². The molecule has 7 heteroatoms. The topological polar surface area (TPSA) is 80.8 Å². The molecule has 0 bridgehead atoms. The first kappa shape index (κ1) is 18.7. The minimum atomic E-state index is -0.933. The fraction of sp³-hybridized carbons (Fsp3) is 0.350. The molecule has 7 nitrogen and oxygen atoms in total. The average molecular weight is 369 g/mol. The quantitative estimate of drug-likeness (QED) is 0.789. The third kappa shape index (κ3) is 4.75. The first-order valence-corrected chi connectivity index (χ1v) is 8.94. The van der Waals surface area contributed by atoms with Crippen molar-refractivity contribution in [2.75, 3.05) is 30.4 Å². The Bertz CT molecular complexity index is 784. The number of ether oxygens (including phenoxy) is 2. The van der Waals surface area contributed by atoms with Gasteiger partial charge in [-0.2, -0.15) is 0 Å². The molecule has 0 saturated carbocycles. The van der Waals surface area contributed by atoms with E-state index in [-0.39, 0.29) is 5.56 Å². The number of esters is 1. The lowest BCUT2D eigenvalue weighted by Crippen LogP contribution is -2.30. The van der Waals surface area contributed by atoms with Gasteiger partial charge in [0.25, 0.3) is 5.91 Å². The van der Waals surface area contributed by atoms with Crippen LogP contribution in [0.25, 0.3) is 0 Å². The Hall–Kier alpha value is -3.09. The summed E-state index contributed by atoms with van der Waals surface area (Å²) < 4.78 is 10.2. The third-order valence-electron chi connectivity index (χ3n) is 4.44. The second-order valence-corrected chi connectivity index (χ2v) is 6.37. The van der Waals surface area contributed by atoms with Gasteiger partial charge < -0.3 is 19.7 Å². The maximum absolute atomic E-state index is 12.3. The maximum atomic E-state index is 12.3.